The number of anilines is 2. The smallest absolute Gasteiger partial charge is 0.183 e. The minimum absolute atomic E-state index is 0.554. The summed E-state index contributed by atoms with van der Waals surface area (Å²) >= 11 is 0. The van der Waals surface area contributed by atoms with Crippen LogP contribution in [0.1, 0.15) is 5.56 Å². The maximum atomic E-state index is 5.23. The van der Waals surface area contributed by atoms with Crippen molar-refractivity contribution in [1.29, 1.82) is 0 Å². The molecule has 134 valence electrons. The SMILES string of the molecule is COc1ccc(-c2nnc(-c3ccc(C)cc3)nc2Nc2cn[nH]c2)cc1. The Labute approximate surface area is 156 Å². The first-order valence-electron chi connectivity index (χ1n) is 8.45. The Morgan fingerprint density at radius 2 is 1.67 bits per heavy atom. The van der Waals surface area contributed by atoms with Crippen molar-refractivity contribution in [2.75, 3.05) is 12.4 Å². The average Bonchev–Trinajstić information content (AvgIpc) is 3.22. The summed E-state index contributed by atoms with van der Waals surface area (Å²) in [6.45, 7) is 2.04. The van der Waals surface area contributed by atoms with Gasteiger partial charge >= 0.3 is 0 Å². The first kappa shape index (κ1) is 16.7. The van der Waals surface area contributed by atoms with Crippen molar-refractivity contribution in [2.24, 2.45) is 0 Å². The van der Waals surface area contributed by atoms with Gasteiger partial charge in [0.15, 0.2) is 11.6 Å². The monoisotopic (exact) mass is 358 g/mol. The summed E-state index contributed by atoms with van der Waals surface area (Å²) in [5, 5.41) is 18.8. The van der Waals surface area contributed by atoms with Gasteiger partial charge in [0, 0.05) is 17.3 Å². The van der Waals surface area contributed by atoms with Crippen LogP contribution in [0.4, 0.5) is 11.5 Å². The summed E-state index contributed by atoms with van der Waals surface area (Å²) in [5.41, 5.74) is 4.41. The van der Waals surface area contributed by atoms with Gasteiger partial charge in [0.1, 0.15) is 11.4 Å². The molecule has 4 rings (SSSR count). The molecule has 7 heteroatoms. The summed E-state index contributed by atoms with van der Waals surface area (Å²) in [5.74, 6) is 1.94. The zero-order valence-corrected chi connectivity index (χ0v) is 15.0. The Balaban J connectivity index is 1.78. The maximum Gasteiger partial charge on any atom is 0.183 e. The third-order valence-electron chi connectivity index (χ3n) is 4.12. The quantitative estimate of drug-likeness (QED) is 0.561. The van der Waals surface area contributed by atoms with Crippen molar-refractivity contribution in [3.8, 4) is 28.4 Å². The van der Waals surface area contributed by atoms with E-state index in [-0.39, 0.29) is 0 Å². The number of aromatic nitrogens is 5. The summed E-state index contributed by atoms with van der Waals surface area (Å²) < 4.78 is 5.23. The Kier molecular flexibility index (Phi) is 4.49. The highest BCUT2D eigenvalue weighted by atomic mass is 16.5. The van der Waals surface area contributed by atoms with E-state index in [0.29, 0.717) is 17.3 Å². The lowest BCUT2D eigenvalue weighted by molar-refractivity contribution is 0.415. The normalized spacial score (nSPS) is 10.6. The summed E-state index contributed by atoms with van der Waals surface area (Å²) in [4.78, 5) is 4.71. The van der Waals surface area contributed by atoms with Crippen LogP contribution in [0.25, 0.3) is 22.6 Å². The molecule has 0 radical (unpaired) electrons. The predicted octanol–water partition coefficient (Wildman–Crippen LogP) is 3.99. The van der Waals surface area contributed by atoms with E-state index >= 15 is 0 Å². The van der Waals surface area contributed by atoms with E-state index in [0.717, 1.165) is 22.6 Å². The van der Waals surface area contributed by atoms with Crippen molar-refractivity contribution >= 4 is 11.5 Å². The van der Waals surface area contributed by atoms with Crippen LogP contribution in [0.3, 0.4) is 0 Å². The van der Waals surface area contributed by atoms with Gasteiger partial charge in [0.2, 0.25) is 0 Å². The van der Waals surface area contributed by atoms with E-state index in [9.17, 15) is 0 Å². The molecule has 2 N–H and O–H groups in total. The van der Waals surface area contributed by atoms with Crippen LogP contribution in [-0.2, 0) is 0 Å². The second-order valence-corrected chi connectivity index (χ2v) is 6.04. The van der Waals surface area contributed by atoms with Crippen LogP contribution in [-0.4, -0.2) is 32.5 Å². The molecule has 0 atom stereocenters. The molecule has 2 heterocycles. The van der Waals surface area contributed by atoms with Gasteiger partial charge in [0.05, 0.1) is 19.0 Å². The molecular formula is C20H18N6O. The van der Waals surface area contributed by atoms with Crippen molar-refractivity contribution < 1.29 is 4.74 Å². The van der Waals surface area contributed by atoms with Gasteiger partial charge in [-0.15, -0.1) is 10.2 Å². The van der Waals surface area contributed by atoms with E-state index in [1.54, 1.807) is 19.5 Å². The fraction of sp³-hybridized carbons (Fsp3) is 0.100. The van der Waals surface area contributed by atoms with Gasteiger partial charge in [-0.3, -0.25) is 5.10 Å². The highest BCUT2D eigenvalue weighted by Crippen LogP contribution is 2.29. The third kappa shape index (κ3) is 3.62. The fourth-order valence-corrected chi connectivity index (χ4v) is 2.64. The number of hydrogen-bond acceptors (Lipinski definition) is 6. The van der Waals surface area contributed by atoms with Crippen LogP contribution in [0.2, 0.25) is 0 Å². The van der Waals surface area contributed by atoms with Crippen LogP contribution in [0, 0.1) is 6.92 Å². The van der Waals surface area contributed by atoms with E-state index in [1.165, 1.54) is 5.56 Å². The molecule has 7 nitrogen and oxygen atoms in total. The van der Waals surface area contributed by atoms with Crippen LogP contribution < -0.4 is 10.1 Å². The molecule has 0 bridgehead atoms. The molecule has 0 aliphatic heterocycles. The Hall–Kier alpha value is -3.74. The minimum Gasteiger partial charge on any atom is -0.497 e. The molecule has 0 saturated heterocycles. The third-order valence-corrected chi connectivity index (χ3v) is 4.12. The molecule has 2 aromatic carbocycles. The largest absolute Gasteiger partial charge is 0.497 e. The van der Waals surface area contributed by atoms with E-state index in [2.05, 4.69) is 25.7 Å². The zero-order valence-electron chi connectivity index (χ0n) is 15.0. The number of nitrogens with zero attached hydrogens (tertiary/aromatic N) is 4. The first-order chi connectivity index (χ1) is 13.2. The van der Waals surface area contributed by atoms with E-state index in [1.807, 2.05) is 55.5 Å². The Morgan fingerprint density at radius 3 is 2.33 bits per heavy atom. The second-order valence-electron chi connectivity index (χ2n) is 6.04. The van der Waals surface area contributed by atoms with Gasteiger partial charge in [-0.2, -0.15) is 5.10 Å². The van der Waals surface area contributed by atoms with E-state index < -0.39 is 0 Å². The molecule has 2 aromatic heterocycles. The highest BCUT2D eigenvalue weighted by Gasteiger charge is 2.14. The van der Waals surface area contributed by atoms with Gasteiger partial charge in [-0.05, 0) is 31.2 Å². The second kappa shape index (κ2) is 7.25. The molecule has 4 aromatic rings. The number of nitrogens with one attached hydrogen (secondary N) is 2. The Morgan fingerprint density at radius 1 is 0.926 bits per heavy atom. The average molecular weight is 358 g/mol. The van der Waals surface area contributed by atoms with Crippen LogP contribution in [0.15, 0.2) is 60.9 Å². The number of methoxy groups -OCH3 is 1. The molecule has 0 unspecified atom stereocenters. The molecule has 0 aliphatic rings. The molecule has 27 heavy (non-hydrogen) atoms. The summed E-state index contributed by atoms with van der Waals surface area (Å²) in [7, 11) is 1.64. The molecule has 0 aliphatic carbocycles. The number of H-pyrrole nitrogens is 1. The van der Waals surface area contributed by atoms with Gasteiger partial charge < -0.3 is 10.1 Å². The maximum absolute atomic E-state index is 5.23. The fourth-order valence-electron chi connectivity index (χ4n) is 2.64. The van der Waals surface area contributed by atoms with E-state index in [4.69, 9.17) is 9.72 Å². The Bertz CT molecular complexity index is 1030. The van der Waals surface area contributed by atoms with Crippen molar-refractivity contribution in [3.05, 3.63) is 66.5 Å². The number of aromatic amines is 1. The lowest BCUT2D eigenvalue weighted by Gasteiger charge is -2.11. The van der Waals surface area contributed by atoms with Crippen LogP contribution >= 0.6 is 0 Å². The first-order valence-corrected chi connectivity index (χ1v) is 8.45. The predicted molar refractivity (Wildman–Crippen MR) is 104 cm³/mol. The number of hydrogen-bond donors (Lipinski definition) is 2. The summed E-state index contributed by atoms with van der Waals surface area (Å²) in [6, 6.07) is 15.6. The van der Waals surface area contributed by atoms with Gasteiger partial charge in [-0.1, -0.05) is 29.8 Å². The van der Waals surface area contributed by atoms with Gasteiger partial charge in [0.25, 0.3) is 0 Å². The lowest BCUT2D eigenvalue weighted by atomic mass is 10.1. The number of ether oxygens (including phenoxy) is 1. The highest BCUT2D eigenvalue weighted by molar-refractivity contribution is 5.76. The summed E-state index contributed by atoms with van der Waals surface area (Å²) in [6.07, 6.45) is 3.44. The number of aryl methyl sites for hydroxylation is 1. The van der Waals surface area contributed by atoms with Gasteiger partial charge in [-0.25, -0.2) is 4.98 Å². The molecular weight excluding hydrogens is 340 g/mol. The molecule has 0 amide bonds. The standard InChI is InChI=1S/C20H18N6O/c1-13-3-5-15(6-4-13)19-24-20(23-16-11-21-22-12-16)18(25-26-19)14-7-9-17(27-2)10-8-14/h3-12H,1-2H3,(H,21,22)(H,23,24,26). The topological polar surface area (TPSA) is 88.6 Å². The van der Waals surface area contributed by atoms with Crippen LogP contribution in [0.5, 0.6) is 5.75 Å². The zero-order chi connectivity index (χ0) is 18.6. The molecule has 0 saturated carbocycles. The lowest BCUT2D eigenvalue weighted by Crippen LogP contribution is -2.03. The number of benzene rings is 2. The van der Waals surface area contributed by atoms with Crippen molar-refractivity contribution in [3.63, 3.8) is 0 Å². The van der Waals surface area contributed by atoms with Crippen molar-refractivity contribution in [2.45, 2.75) is 6.92 Å². The molecule has 0 spiro atoms. The molecule has 0 fully saturated rings. The minimum atomic E-state index is 0.554. The number of rotatable bonds is 5. The van der Waals surface area contributed by atoms with Crippen molar-refractivity contribution in [1.82, 2.24) is 25.4 Å².